The van der Waals surface area contributed by atoms with Crippen LogP contribution in [0.15, 0.2) is 24.3 Å². The fraction of sp³-hybridized carbons (Fsp3) is 0.300. The first kappa shape index (κ1) is 11.0. The third-order valence-corrected chi connectivity index (χ3v) is 1.99. The summed E-state index contributed by atoms with van der Waals surface area (Å²) in [6, 6.07) is 6.64. The van der Waals surface area contributed by atoms with E-state index in [1.54, 1.807) is 24.3 Å². The molecule has 0 aliphatic carbocycles. The van der Waals surface area contributed by atoms with Gasteiger partial charge in [-0.25, -0.2) is 0 Å². The van der Waals surface area contributed by atoms with E-state index in [0.717, 1.165) is 6.29 Å². The average Bonchev–Trinajstić information content (AvgIpc) is 2.26. The highest BCUT2D eigenvalue weighted by atomic mass is 35.5. The number of hydrogen-bond acceptors (Lipinski definition) is 3. The minimum atomic E-state index is -0.664. The number of rotatable bonds is 5. The van der Waals surface area contributed by atoms with Gasteiger partial charge >= 0.3 is 0 Å². The Balaban J connectivity index is 2.47. The second kappa shape index (κ2) is 5.62. The molecule has 0 unspecified atom stereocenters. The molecule has 14 heavy (non-hydrogen) atoms. The van der Waals surface area contributed by atoms with E-state index < -0.39 is 6.10 Å². The van der Waals surface area contributed by atoms with Gasteiger partial charge in [0.15, 0.2) is 0 Å². The molecule has 0 fully saturated rings. The molecule has 4 heteroatoms. The predicted octanol–water partition coefficient (Wildman–Crippen LogP) is 1.48. The molecule has 0 amide bonds. The first-order valence-electron chi connectivity index (χ1n) is 4.18. The molecule has 0 radical (unpaired) electrons. The first-order chi connectivity index (χ1) is 6.76. The molecule has 3 nitrogen and oxygen atoms in total. The molecule has 0 aliphatic rings. The van der Waals surface area contributed by atoms with Gasteiger partial charge < -0.3 is 9.84 Å². The molecule has 76 valence electrons. The van der Waals surface area contributed by atoms with Crippen molar-refractivity contribution in [1.82, 2.24) is 0 Å². The molecule has 0 bridgehead atoms. The van der Waals surface area contributed by atoms with Crippen LogP contribution in [0.2, 0.25) is 0 Å². The number of halogens is 1. The van der Waals surface area contributed by atoms with E-state index in [2.05, 4.69) is 0 Å². The predicted molar refractivity (Wildman–Crippen MR) is 54.1 cm³/mol. The van der Waals surface area contributed by atoms with Gasteiger partial charge in [0, 0.05) is 5.56 Å². The van der Waals surface area contributed by atoms with Crippen molar-refractivity contribution in [3.05, 3.63) is 29.8 Å². The van der Waals surface area contributed by atoms with E-state index in [1.807, 2.05) is 0 Å². The molecule has 0 saturated heterocycles. The van der Waals surface area contributed by atoms with Crippen molar-refractivity contribution in [2.45, 2.75) is 6.10 Å². The molecular weight excluding hydrogens is 204 g/mol. The molecule has 0 spiro atoms. The molecule has 0 aliphatic heterocycles. The standard InChI is InChI=1S/C10H11ClO3/c11-5-9(13)7-14-10-3-1-8(6-12)2-4-10/h1-4,6,9,13H,5,7H2/t9-/m1/s1. The highest BCUT2D eigenvalue weighted by Crippen LogP contribution is 2.11. The lowest BCUT2D eigenvalue weighted by Crippen LogP contribution is -2.18. The summed E-state index contributed by atoms with van der Waals surface area (Å²) in [7, 11) is 0. The molecule has 1 aromatic rings. The van der Waals surface area contributed by atoms with Gasteiger partial charge in [-0.2, -0.15) is 0 Å². The lowest BCUT2D eigenvalue weighted by Gasteiger charge is -2.09. The topological polar surface area (TPSA) is 46.5 Å². The number of ether oxygens (including phenoxy) is 1. The summed E-state index contributed by atoms with van der Waals surface area (Å²) in [4.78, 5) is 10.3. The summed E-state index contributed by atoms with van der Waals surface area (Å²) in [5, 5.41) is 9.11. The molecule has 1 atom stereocenters. The minimum Gasteiger partial charge on any atom is -0.491 e. The molecule has 1 N–H and O–H groups in total. The Morgan fingerprint density at radius 3 is 2.57 bits per heavy atom. The van der Waals surface area contributed by atoms with Crippen molar-refractivity contribution in [2.24, 2.45) is 0 Å². The third kappa shape index (κ3) is 3.36. The lowest BCUT2D eigenvalue weighted by molar-refractivity contribution is 0.112. The Morgan fingerprint density at radius 1 is 1.43 bits per heavy atom. The number of aldehydes is 1. The van der Waals surface area contributed by atoms with Crippen LogP contribution in [0, 0.1) is 0 Å². The van der Waals surface area contributed by atoms with Crippen LogP contribution in [0.25, 0.3) is 0 Å². The number of aliphatic hydroxyl groups is 1. The largest absolute Gasteiger partial charge is 0.491 e. The van der Waals surface area contributed by atoms with Crippen molar-refractivity contribution < 1.29 is 14.6 Å². The van der Waals surface area contributed by atoms with Crippen molar-refractivity contribution in [3.8, 4) is 5.75 Å². The number of carbonyl (C=O) groups excluding carboxylic acids is 1. The summed E-state index contributed by atoms with van der Waals surface area (Å²) in [5.41, 5.74) is 0.593. The molecular formula is C10H11ClO3. The van der Waals surface area contributed by atoms with Gasteiger partial charge in [0.2, 0.25) is 0 Å². The second-order valence-electron chi connectivity index (χ2n) is 2.81. The summed E-state index contributed by atoms with van der Waals surface area (Å²) < 4.78 is 5.21. The lowest BCUT2D eigenvalue weighted by atomic mass is 10.2. The number of aliphatic hydroxyl groups excluding tert-OH is 1. The second-order valence-corrected chi connectivity index (χ2v) is 3.11. The van der Waals surface area contributed by atoms with E-state index in [-0.39, 0.29) is 12.5 Å². The Morgan fingerprint density at radius 2 is 2.07 bits per heavy atom. The van der Waals surface area contributed by atoms with E-state index in [4.69, 9.17) is 21.4 Å². The zero-order valence-corrected chi connectivity index (χ0v) is 8.28. The summed E-state index contributed by atoms with van der Waals surface area (Å²) in [5.74, 6) is 0.756. The van der Waals surface area contributed by atoms with E-state index in [1.165, 1.54) is 0 Å². The Hall–Kier alpha value is -1.06. The quantitative estimate of drug-likeness (QED) is 0.597. The fourth-order valence-electron chi connectivity index (χ4n) is 0.880. The van der Waals surface area contributed by atoms with Crippen LogP contribution in [0.4, 0.5) is 0 Å². The van der Waals surface area contributed by atoms with Gasteiger partial charge in [0.25, 0.3) is 0 Å². The molecule has 0 heterocycles. The van der Waals surface area contributed by atoms with Gasteiger partial charge in [0.05, 0.1) is 5.88 Å². The number of benzene rings is 1. The van der Waals surface area contributed by atoms with Crippen LogP contribution in [-0.2, 0) is 0 Å². The van der Waals surface area contributed by atoms with Gasteiger partial charge in [-0.1, -0.05) is 0 Å². The average molecular weight is 215 g/mol. The van der Waals surface area contributed by atoms with E-state index in [0.29, 0.717) is 11.3 Å². The number of carbonyl (C=O) groups is 1. The van der Waals surface area contributed by atoms with Gasteiger partial charge in [0.1, 0.15) is 24.7 Å². The SMILES string of the molecule is O=Cc1ccc(OC[C@H](O)CCl)cc1. The molecule has 1 rings (SSSR count). The normalized spacial score (nSPS) is 12.1. The van der Waals surface area contributed by atoms with Crippen molar-refractivity contribution in [2.75, 3.05) is 12.5 Å². The van der Waals surface area contributed by atoms with Crippen LogP contribution in [0.5, 0.6) is 5.75 Å². The van der Waals surface area contributed by atoms with Gasteiger partial charge in [-0.3, -0.25) is 4.79 Å². The maximum absolute atomic E-state index is 10.3. The van der Waals surface area contributed by atoms with E-state index in [9.17, 15) is 4.79 Å². The third-order valence-electron chi connectivity index (χ3n) is 1.64. The highest BCUT2D eigenvalue weighted by Gasteiger charge is 2.02. The van der Waals surface area contributed by atoms with Crippen molar-refractivity contribution in [3.63, 3.8) is 0 Å². The highest BCUT2D eigenvalue weighted by molar-refractivity contribution is 6.18. The summed E-state index contributed by atoms with van der Waals surface area (Å²) >= 11 is 5.39. The number of alkyl halides is 1. The van der Waals surface area contributed by atoms with E-state index >= 15 is 0 Å². The van der Waals surface area contributed by atoms with Gasteiger partial charge in [-0.15, -0.1) is 11.6 Å². The van der Waals surface area contributed by atoms with Crippen LogP contribution >= 0.6 is 11.6 Å². The Labute approximate surface area is 87.3 Å². The fourth-order valence-corrected chi connectivity index (χ4v) is 0.969. The molecule has 0 aromatic heterocycles. The van der Waals surface area contributed by atoms with Crippen LogP contribution < -0.4 is 4.74 Å². The first-order valence-corrected chi connectivity index (χ1v) is 4.72. The minimum absolute atomic E-state index is 0.145. The number of hydrogen-bond donors (Lipinski definition) is 1. The van der Waals surface area contributed by atoms with Crippen LogP contribution in [-0.4, -0.2) is 30.0 Å². The van der Waals surface area contributed by atoms with Crippen molar-refractivity contribution >= 4 is 17.9 Å². The maximum atomic E-state index is 10.3. The smallest absolute Gasteiger partial charge is 0.150 e. The van der Waals surface area contributed by atoms with Crippen LogP contribution in [0.1, 0.15) is 10.4 Å². The monoisotopic (exact) mass is 214 g/mol. The Bertz CT molecular complexity index is 284. The molecule has 1 aromatic carbocycles. The zero-order valence-electron chi connectivity index (χ0n) is 7.52. The molecule has 0 saturated carbocycles. The Kier molecular flexibility index (Phi) is 4.43. The maximum Gasteiger partial charge on any atom is 0.150 e. The summed E-state index contributed by atoms with van der Waals surface area (Å²) in [6.07, 6.45) is 0.0969. The van der Waals surface area contributed by atoms with Crippen LogP contribution in [0.3, 0.4) is 0 Å². The zero-order chi connectivity index (χ0) is 10.4. The summed E-state index contributed by atoms with van der Waals surface area (Å²) in [6.45, 7) is 0.157. The van der Waals surface area contributed by atoms with Crippen molar-refractivity contribution in [1.29, 1.82) is 0 Å². The van der Waals surface area contributed by atoms with Gasteiger partial charge in [-0.05, 0) is 24.3 Å².